The Morgan fingerprint density at radius 1 is 1.00 bits per heavy atom. The van der Waals surface area contributed by atoms with Gasteiger partial charge in [-0.2, -0.15) is 0 Å². The molecule has 5 heteroatoms. The molecule has 0 bridgehead atoms. The Balaban J connectivity index is 2.40. The van der Waals surface area contributed by atoms with Gasteiger partial charge in [0.05, 0.1) is 4.90 Å². The van der Waals surface area contributed by atoms with E-state index in [1.165, 1.54) is 4.31 Å². The lowest BCUT2D eigenvalue weighted by Gasteiger charge is -2.21. The molecule has 22 heavy (non-hydrogen) atoms. The van der Waals surface area contributed by atoms with Crippen LogP contribution in [0.25, 0.3) is 0 Å². The highest BCUT2D eigenvalue weighted by atomic mass is 79.9. The van der Waals surface area contributed by atoms with Crippen LogP contribution < -0.4 is 0 Å². The number of benzene rings is 2. The van der Waals surface area contributed by atoms with Gasteiger partial charge in [-0.25, -0.2) is 12.7 Å². The normalized spacial score (nSPS) is 10.9. The highest BCUT2D eigenvalue weighted by Crippen LogP contribution is 2.20. The molecule has 2 rings (SSSR count). The van der Waals surface area contributed by atoms with Crippen molar-refractivity contribution < 1.29 is 8.42 Å². The fourth-order valence-corrected chi connectivity index (χ4v) is 3.52. The number of rotatable bonds is 3. The van der Waals surface area contributed by atoms with Gasteiger partial charge < -0.3 is 0 Å². The van der Waals surface area contributed by atoms with E-state index in [1.54, 1.807) is 38.1 Å². The molecular formula is C17H16BrNO2S. The van der Waals surface area contributed by atoms with Crippen molar-refractivity contribution >= 4 is 26.0 Å². The Morgan fingerprint density at radius 3 is 2.14 bits per heavy atom. The molecule has 2 aromatic carbocycles. The van der Waals surface area contributed by atoms with Gasteiger partial charge in [0.15, 0.2) is 0 Å². The number of hydrogen-bond donors (Lipinski definition) is 0. The van der Waals surface area contributed by atoms with Gasteiger partial charge in [-0.05, 0) is 56.2 Å². The number of sulfonamides is 1. The zero-order valence-electron chi connectivity index (χ0n) is 12.3. The predicted octanol–water partition coefficient (Wildman–Crippen LogP) is 3.86. The summed E-state index contributed by atoms with van der Waals surface area (Å²) in [7, 11) is -3.65. The van der Waals surface area contributed by atoms with Gasteiger partial charge in [0.2, 0.25) is 0 Å². The maximum atomic E-state index is 12.7. The second kappa shape index (κ2) is 6.99. The molecule has 0 saturated carbocycles. The number of hydrogen-bond acceptors (Lipinski definition) is 2. The topological polar surface area (TPSA) is 37.4 Å². The van der Waals surface area contributed by atoms with Crippen molar-refractivity contribution in [1.82, 2.24) is 4.31 Å². The average molecular weight is 378 g/mol. The summed E-state index contributed by atoms with van der Waals surface area (Å²) in [5.41, 5.74) is 0.777. The van der Waals surface area contributed by atoms with Crippen LogP contribution in [0, 0.1) is 12.0 Å². The van der Waals surface area contributed by atoms with Crippen LogP contribution in [0.5, 0.6) is 0 Å². The van der Waals surface area contributed by atoms with Crippen LogP contribution in [0.4, 0.5) is 0 Å². The molecule has 0 unspecified atom stereocenters. The Morgan fingerprint density at radius 2 is 1.59 bits per heavy atom. The zero-order chi connectivity index (χ0) is 16.2. The van der Waals surface area contributed by atoms with Crippen molar-refractivity contribution in [3.05, 3.63) is 64.6 Å². The van der Waals surface area contributed by atoms with Crippen LogP contribution in [0.3, 0.4) is 0 Å². The molecule has 0 aliphatic heterocycles. The molecule has 0 atom stereocenters. The molecule has 0 saturated heterocycles. The molecule has 0 aromatic heterocycles. The number of nitrogens with zero attached hydrogens (tertiary/aromatic N) is 1. The van der Waals surface area contributed by atoms with Gasteiger partial charge in [0, 0.05) is 22.1 Å². The van der Waals surface area contributed by atoms with Gasteiger partial charge in [0.25, 0.3) is 10.0 Å². The maximum absolute atomic E-state index is 12.7. The summed E-state index contributed by atoms with van der Waals surface area (Å²) in [5, 5.41) is 0. The van der Waals surface area contributed by atoms with Gasteiger partial charge >= 0.3 is 0 Å². The summed E-state index contributed by atoms with van der Waals surface area (Å²) in [6, 6.07) is 18.4. The third kappa shape index (κ3) is 3.90. The van der Waals surface area contributed by atoms with E-state index in [2.05, 4.69) is 27.9 Å². The molecule has 0 aliphatic rings. The minimum absolute atomic E-state index is 0.228. The number of halogens is 1. The van der Waals surface area contributed by atoms with Crippen molar-refractivity contribution in [1.29, 1.82) is 0 Å². The molecule has 0 amide bonds. The van der Waals surface area contributed by atoms with E-state index in [4.69, 9.17) is 0 Å². The van der Waals surface area contributed by atoms with Crippen LogP contribution in [0.2, 0.25) is 0 Å². The van der Waals surface area contributed by atoms with E-state index < -0.39 is 10.0 Å². The van der Waals surface area contributed by atoms with E-state index in [9.17, 15) is 8.42 Å². The lowest BCUT2D eigenvalue weighted by molar-refractivity contribution is 0.458. The maximum Gasteiger partial charge on any atom is 0.271 e. The summed E-state index contributed by atoms with van der Waals surface area (Å²) in [6.45, 7) is 3.60. The highest BCUT2D eigenvalue weighted by molar-refractivity contribution is 9.10. The zero-order valence-corrected chi connectivity index (χ0v) is 14.7. The highest BCUT2D eigenvalue weighted by Gasteiger charge is 2.24. The van der Waals surface area contributed by atoms with E-state index in [1.807, 2.05) is 30.3 Å². The molecule has 0 fully saturated rings. The molecule has 0 heterocycles. The fraction of sp³-hybridized carbons (Fsp3) is 0.176. The van der Waals surface area contributed by atoms with E-state index in [0.29, 0.717) is 0 Å². The van der Waals surface area contributed by atoms with Crippen LogP contribution in [-0.4, -0.2) is 18.8 Å². The summed E-state index contributed by atoms with van der Waals surface area (Å²) in [4.78, 5) is 0.228. The van der Waals surface area contributed by atoms with Crippen LogP contribution in [-0.2, 0) is 10.0 Å². The molecule has 0 aliphatic carbocycles. The van der Waals surface area contributed by atoms with E-state index in [-0.39, 0.29) is 10.9 Å². The third-order valence-electron chi connectivity index (χ3n) is 2.92. The second-order valence-corrected chi connectivity index (χ2v) is 7.68. The SMILES string of the molecule is CC(C)N(C#Cc1ccccc1)S(=O)(=O)c1ccc(Br)cc1. The van der Waals surface area contributed by atoms with Gasteiger partial charge in [0.1, 0.15) is 0 Å². The second-order valence-electron chi connectivity index (χ2n) is 4.95. The summed E-state index contributed by atoms with van der Waals surface area (Å²) < 4.78 is 27.5. The summed E-state index contributed by atoms with van der Waals surface area (Å²) >= 11 is 3.30. The fourth-order valence-electron chi connectivity index (χ4n) is 1.83. The first-order valence-electron chi connectivity index (χ1n) is 6.78. The first kappa shape index (κ1) is 16.6. The van der Waals surface area contributed by atoms with Crippen molar-refractivity contribution in [2.24, 2.45) is 0 Å². The Hall–Kier alpha value is -1.77. The smallest absolute Gasteiger partial charge is 0.222 e. The van der Waals surface area contributed by atoms with Crippen LogP contribution in [0.15, 0.2) is 64.0 Å². The monoisotopic (exact) mass is 377 g/mol. The Kier molecular flexibility index (Phi) is 5.28. The van der Waals surface area contributed by atoms with E-state index >= 15 is 0 Å². The first-order chi connectivity index (χ1) is 10.4. The molecule has 0 N–H and O–H groups in total. The van der Waals surface area contributed by atoms with Gasteiger partial charge in [-0.1, -0.05) is 34.1 Å². The standard InChI is InChI=1S/C17H16BrNO2S/c1-14(2)19(13-12-15-6-4-3-5-7-15)22(20,21)17-10-8-16(18)9-11-17/h3-11,14H,1-2H3. The molecular weight excluding hydrogens is 362 g/mol. The average Bonchev–Trinajstić information content (AvgIpc) is 2.48. The summed E-state index contributed by atoms with van der Waals surface area (Å²) in [5.74, 6) is 2.90. The van der Waals surface area contributed by atoms with Crippen molar-refractivity contribution in [2.45, 2.75) is 24.8 Å². The molecule has 0 spiro atoms. The Labute approximate surface area is 140 Å². The lowest BCUT2D eigenvalue weighted by Crippen LogP contribution is -2.32. The molecule has 0 radical (unpaired) electrons. The third-order valence-corrected chi connectivity index (χ3v) is 5.35. The molecule has 2 aromatic rings. The van der Waals surface area contributed by atoms with Crippen molar-refractivity contribution in [3.8, 4) is 12.0 Å². The molecule has 3 nitrogen and oxygen atoms in total. The van der Waals surface area contributed by atoms with Crippen LogP contribution in [0.1, 0.15) is 19.4 Å². The van der Waals surface area contributed by atoms with Crippen LogP contribution >= 0.6 is 15.9 Å². The molecule has 114 valence electrons. The van der Waals surface area contributed by atoms with Crippen molar-refractivity contribution in [2.75, 3.05) is 0 Å². The minimum Gasteiger partial charge on any atom is -0.222 e. The van der Waals surface area contributed by atoms with Gasteiger partial charge in [-0.3, -0.25) is 0 Å². The Bertz CT molecular complexity index is 788. The predicted molar refractivity (Wildman–Crippen MR) is 91.6 cm³/mol. The van der Waals surface area contributed by atoms with Crippen molar-refractivity contribution in [3.63, 3.8) is 0 Å². The van der Waals surface area contributed by atoms with Gasteiger partial charge in [-0.15, -0.1) is 0 Å². The van der Waals surface area contributed by atoms with E-state index in [0.717, 1.165) is 10.0 Å². The largest absolute Gasteiger partial charge is 0.271 e. The quantitative estimate of drug-likeness (QED) is 0.601. The lowest BCUT2D eigenvalue weighted by atomic mass is 10.2. The minimum atomic E-state index is -3.65. The first-order valence-corrected chi connectivity index (χ1v) is 9.01. The summed E-state index contributed by atoms with van der Waals surface area (Å²) in [6.07, 6.45) is 0.